The van der Waals surface area contributed by atoms with Gasteiger partial charge in [-0.2, -0.15) is 8.78 Å². The first kappa shape index (κ1) is 19.6. The Balaban J connectivity index is 5.23. The zero-order chi connectivity index (χ0) is 17.1. The average Bonchev–Trinajstić information content (AvgIpc) is 2.22. The predicted molar refractivity (Wildman–Crippen MR) is 71.0 cm³/mol. The predicted octanol–water partition coefficient (Wildman–Crippen LogP) is 2.36. The first-order valence-electron chi connectivity index (χ1n) is 6.56. The van der Waals surface area contributed by atoms with Gasteiger partial charge in [0.25, 0.3) is 0 Å². The van der Waals surface area contributed by atoms with E-state index in [0.29, 0.717) is 0 Å². The number of aliphatic carboxylic acids is 1. The van der Waals surface area contributed by atoms with E-state index in [2.05, 4.69) is 0 Å². The second-order valence-electron chi connectivity index (χ2n) is 6.30. The number of aliphatic hydroxyl groups is 1. The Kier molecular flexibility index (Phi) is 6.10. The number of halogens is 2. The number of carboxylic acid groups (broad SMARTS) is 1. The average molecular weight is 311 g/mol. The quantitative estimate of drug-likeness (QED) is 0.654. The highest BCUT2D eigenvalue weighted by molar-refractivity contribution is 5.79. The molecule has 124 valence electrons. The van der Waals surface area contributed by atoms with Crippen LogP contribution in [0.15, 0.2) is 0 Å². The van der Waals surface area contributed by atoms with Crippen molar-refractivity contribution in [2.24, 2.45) is 5.92 Å². The maximum absolute atomic E-state index is 13.7. The largest absolute Gasteiger partial charge is 0.477 e. The topological polar surface area (TPSA) is 95.9 Å². The number of carbonyl (C=O) groups excluding carboxylic acids is 1. The Morgan fingerprint density at radius 1 is 1.24 bits per heavy atom. The van der Waals surface area contributed by atoms with E-state index in [1.807, 2.05) is 0 Å². The van der Waals surface area contributed by atoms with Crippen molar-refractivity contribution in [1.29, 1.82) is 0 Å². The fourth-order valence-electron chi connectivity index (χ4n) is 1.44. The normalized spacial score (nSPS) is 15.5. The maximum atomic E-state index is 13.7. The summed E-state index contributed by atoms with van der Waals surface area (Å²) in [5.74, 6) is -7.13. The van der Waals surface area contributed by atoms with Crippen molar-refractivity contribution >= 4 is 12.1 Å². The smallest absolute Gasteiger partial charge is 0.410 e. The van der Waals surface area contributed by atoms with E-state index < -0.39 is 35.7 Å². The van der Waals surface area contributed by atoms with Gasteiger partial charge in [-0.15, -0.1) is 0 Å². The van der Waals surface area contributed by atoms with E-state index in [0.717, 1.165) is 0 Å². The molecule has 21 heavy (non-hydrogen) atoms. The molecule has 0 fully saturated rings. The lowest BCUT2D eigenvalue weighted by Crippen LogP contribution is -2.64. The number of carboxylic acids is 1. The van der Waals surface area contributed by atoms with Crippen molar-refractivity contribution in [3.8, 4) is 0 Å². The molecule has 0 heterocycles. The third-order valence-corrected chi connectivity index (χ3v) is 2.58. The molecule has 0 radical (unpaired) electrons. The number of rotatable bonds is 6. The van der Waals surface area contributed by atoms with Crippen LogP contribution in [0.1, 0.15) is 47.5 Å². The minimum atomic E-state index is -4.54. The van der Waals surface area contributed by atoms with Crippen LogP contribution in [0.25, 0.3) is 0 Å². The van der Waals surface area contributed by atoms with E-state index in [1.54, 1.807) is 19.2 Å². The fourth-order valence-corrected chi connectivity index (χ4v) is 1.44. The molecule has 0 aliphatic heterocycles. The number of alkyl carbamates (subject to hydrolysis) is 1. The van der Waals surface area contributed by atoms with Gasteiger partial charge in [-0.05, 0) is 33.1 Å². The Labute approximate surface area is 122 Å². The molecule has 0 aliphatic rings. The van der Waals surface area contributed by atoms with Crippen LogP contribution in [0, 0.1) is 5.92 Å². The Morgan fingerprint density at radius 2 is 1.71 bits per heavy atom. The fraction of sp³-hybridized carbons (Fsp3) is 0.846. The van der Waals surface area contributed by atoms with Crippen molar-refractivity contribution in [2.45, 2.75) is 64.7 Å². The summed E-state index contributed by atoms with van der Waals surface area (Å²) in [6.07, 6.45) is -1.84. The molecule has 3 N–H and O–H groups in total. The number of carbonyl (C=O) groups is 2. The van der Waals surface area contributed by atoms with Crippen molar-refractivity contribution in [3.63, 3.8) is 0 Å². The van der Waals surface area contributed by atoms with Gasteiger partial charge in [0.2, 0.25) is 5.72 Å². The molecule has 0 aromatic heterocycles. The lowest BCUT2D eigenvalue weighted by Gasteiger charge is -2.34. The molecule has 0 aromatic carbocycles. The van der Waals surface area contributed by atoms with Crippen LogP contribution in [0.5, 0.6) is 0 Å². The summed E-state index contributed by atoms with van der Waals surface area (Å²) in [6.45, 7) is 7.96. The number of hydrogen-bond acceptors (Lipinski definition) is 4. The van der Waals surface area contributed by atoms with Crippen LogP contribution in [0.2, 0.25) is 0 Å². The van der Waals surface area contributed by atoms with Crippen LogP contribution in [-0.2, 0) is 9.53 Å². The van der Waals surface area contributed by atoms with Crippen molar-refractivity contribution in [3.05, 3.63) is 0 Å². The van der Waals surface area contributed by atoms with E-state index in [-0.39, 0.29) is 12.3 Å². The van der Waals surface area contributed by atoms with Gasteiger partial charge >= 0.3 is 18.0 Å². The molecular formula is C13H23F2NO5. The van der Waals surface area contributed by atoms with Crippen LogP contribution in [0.3, 0.4) is 0 Å². The van der Waals surface area contributed by atoms with Crippen molar-refractivity contribution < 1.29 is 33.3 Å². The number of amides is 1. The molecule has 0 bridgehead atoms. The molecule has 1 atom stereocenters. The minimum absolute atomic E-state index is 0.0680. The first-order valence-corrected chi connectivity index (χ1v) is 6.56. The summed E-state index contributed by atoms with van der Waals surface area (Å²) < 4.78 is 32.2. The van der Waals surface area contributed by atoms with Gasteiger partial charge in [-0.3, -0.25) is 5.32 Å². The highest BCUT2D eigenvalue weighted by Gasteiger charge is 2.60. The van der Waals surface area contributed by atoms with E-state index in [9.17, 15) is 23.5 Å². The lowest BCUT2D eigenvalue weighted by molar-refractivity contribution is -0.218. The van der Waals surface area contributed by atoms with Gasteiger partial charge < -0.3 is 14.9 Å². The van der Waals surface area contributed by atoms with E-state index in [1.165, 1.54) is 20.8 Å². The van der Waals surface area contributed by atoms with Crippen LogP contribution in [0.4, 0.5) is 13.6 Å². The van der Waals surface area contributed by atoms with Gasteiger partial charge in [-0.1, -0.05) is 13.8 Å². The number of nitrogens with one attached hydrogen (secondary N) is 1. The van der Waals surface area contributed by atoms with Gasteiger partial charge in [0.05, 0.1) is 0 Å². The summed E-state index contributed by atoms with van der Waals surface area (Å²) in [5.41, 5.74) is -4.19. The molecule has 0 aromatic rings. The van der Waals surface area contributed by atoms with Crippen LogP contribution in [-0.4, -0.2) is 39.5 Å². The molecule has 1 unspecified atom stereocenters. The van der Waals surface area contributed by atoms with Gasteiger partial charge in [-0.25, -0.2) is 9.59 Å². The number of hydrogen-bond donors (Lipinski definition) is 3. The summed E-state index contributed by atoms with van der Waals surface area (Å²) in [5, 5.41) is 20.2. The van der Waals surface area contributed by atoms with Gasteiger partial charge in [0.15, 0.2) is 0 Å². The van der Waals surface area contributed by atoms with E-state index >= 15 is 0 Å². The third-order valence-electron chi connectivity index (χ3n) is 2.58. The molecular weight excluding hydrogens is 288 g/mol. The van der Waals surface area contributed by atoms with Crippen LogP contribution >= 0.6 is 0 Å². The monoisotopic (exact) mass is 311 g/mol. The summed E-state index contributed by atoms with van der Waals surface area (Å²) >= 11 is 0. The van der Waals surface area contributed by atoms with Gasteiger partial charge in [0.1, 0.15) is 5.60 Å². The van der Waals surface area contributed by atoms with E-state index in [4.69, 9.17) is 9.84 Å². The maximum Gasteiger partial charge on any atom is 0.410 e. The molecule has 0 rings (SSSR count). The standard InChI is InChI=1S/C13H23F2NO5/c1-8(2)6-7-12(20,13(14,15)9(17)18)16-10(19)21-11(3,4)5/h8,20H,6-7H2,1-5H3,(H,16,19)(H,17,18). The number of ether oxygens (including phenoxy) is 1. The highest BCUT2D eigenvalue weighted by Crippen LogP contribution is 2.32. The SMILES string of the molecule is CC(C)CCC(O)(NC(=O)OC(C)(C)C)C(F)(F)C(=O)O. The molecule has 0 spiro atoms. The molecule has 6 nitrogen and oxygen atoms in total. The lowest BCUT2D eigenvalue weighted by atomic mass is 9.95. The zero-order valence-corrected chi connectivity index (χ0v) is 12.9. The summed E-state index contributed by atoms with van der Waals surface area (Å²) in [6, 6.07) is 0. The third kappa shape index (κ3) is 5.82. The van der Waals surface area contributed by atoms with Crippen molar-refractivity contribution in [2.75, 3.05) is 0 Å². The molecule has 0 saturated heterocycles. The van der Waals surface area contributed by atoms with Crippen molar-refractivity contribution in [1.82, 2.24) is 5.32 Å². The highest BCUT2D eigenvalue weighted by atomic mass is 19.3. The summed E-state index contributed by atoms with van der Waals surface area (Å²) in [7, 11) is 0. The summed E-state index contributed by atoms with van der Waals surface area (Å²) in [4.78, 5) is 22.2. The molecule has 0 saturated carbocycles. The van der Waals surface area contributed by atoms with Gasteiger partial charge in [0, 0.05) is 6.42 Å². The second kappa shape index (κ2) is 6.55. The van der Waals surface area contributed by atoms with Crippen LogP contribution < -0.4 is 5.32 Å². The first-order chi connectivity index (χ1) is 9.21. The Hall–Kier alpha value is -1.44. The minimum Gasteiger partial charge on any atom is -0.477 e. The molecule has 1 amide bonds. The Morgan fingerprint density at radius 3 is 2.05 bits per heavy atom. The molecule has 0 aliphatic carbocycles. The molecule has 8 heteroatoms. The second-order valence-corrected chi connectivity index (χ2v) is 6.30. The zero-order valence-electron chi connectivity index (χ0n) is 12.9. The number of alkyl halides is 2. The Bertz CT molecular complexity index is 393.